The minimum atomic E-state index is -0.516. The Bertz CT molecular complexity index is 806. The molecular weight excluding hydrogens is 350 g/mol. The highest BCUT2D eigenvalue weighted by Crippen LogP contribution is 2.17. The molecule has 1 heterocycles. The minimum Gasteiger partial charge on any atom is -0.444 e. The molecule has 2 N–H and O–H groups in total. The number of nitrogens with zero attached hydrogens (tertiary/aromatic N) is 1. The van der Waals surface area contributed by atoms with Gasteiger partial charge in [0, 0.05) is 18.8 Å². The molecule has 0 spiro atoms. The van der Waals surface area contributed by atoms with Crippen molar-refractivity contribution in [1.82, 2.24) is 10.3 Å². The van der Waals surface area contributed by atoms with Crippen LogP contribution in [0.25, 0.3) is 12.2 Å². The number of ether oxygens (including phenoxy) is 1. The summed E-state index contributed by atoms with van der Waals surface area (Å²) in [5.41, 5.74) is 2.21. The number of aromatic nitrogens is 1. The predicted molar refractivity (Wildman–Crippen MR) is 105 cm³/mol. The summed E-state index contributed by atoms with van der Waals surface area (Å²) < 4.78 is 5.22. The summed E-state index contributed by atoms with van der Waals surface area (Å²) >= 11 is 1.38. The molecule has 0 saturated heterocycles. The van der Waals surface area contributed by atoms with Crippen molar-refractivity contribution in [3.63, 3.8) is 0 Å². The normalized spacial score (nSPS) is 11.4. The molecule has 0 atom stereocenters. The van der Waals surface area contributed by atoms with Gasteiger partial charge in [-0.1, -0.05) is 24.3 Å². The van der Waals surface area contributed by atoms with Gasteiger partial charge in [0.05, 0.1) is 5.69 Å². The lowest BCUT2D eigenvalue weighted by Gasteiger charge is -2.19. The average molecular weight is 373 g/mol. The van der Waals surface area contributed by atoms with Crippen LogP contribution in [0, 0.1) is 0 Å². The molecule has 1 aromatic carbocycles. The lowest BCUT2D eigenvalue weighted by atomic mass is 10.1. The van der Waals surface area contributed by atoms with E-state index in [9.17, 15) is 9.59 Å². The summed E-state index contributed by atoms with van der Waals surface area (Å²) in [7, 11) is 0. The molecule has 0 unspecified atom stereocenters. The maximum absolute atomic E-state index is 11.7. The Labute approximate surface area is 157 Å². The van der Waals surface area contributed by atoms with Crippen LogP contribution in [0.3, 0.4) is 0 Å². The second-order valence-electron chi connectivity index (χ2n) is 6.69. The summed E-state index contributed by atoms with van der Waals surface area (Å²) in [4.78, 5) is 27.1. The molecule has 0 bridgehead atoms. The first-order chi connectivity index (χ1) is 12.2. The number of anilines is 1. The Hall–Kier alpha value is -2.67. The first-order valence-electron chi connectivity index (χ1n) is 8.18. The van der Waals surface area contributed by atoms with Gasteiger partial charge in [-0.15, -0.1) is 11.3 Å². The molecule has 26 heavy (non-hydrogen) atoms. The number of carbonyl (C=O) groups is 2. The van der Waals surface area contributed by atoms with Gasteiger partial charge in [0.15, 0.2) is 5.13 Å². The van der Waals surface area contributed by atoms with E-state index in [0.29, 0.717) is 11.7 Å². The average Bonchev–Trinajstić information content (AvgIpc) is 2.96. The van der Waals surface area contributed by atoms with Crippen LogP contribution in [-0.2, 0) is 16.1 Å². The van der Waals surface area contributed by atoms with Crippen LogP contribution in [0.4, 0.5) is 9.93 Å². The number of hydrogen-bond acceptors (Lipinski definition) is 5. The zero-order chi connectivity index (χ0) is 19.2. The van der Waals surface area contributed by atoms with Crippen LogP contribution in [0.15, 0.2) is 29.6 Å². The molecule has 0 aliphatic carbocycles. The fraction of sp³-hybridized carbons (Fsp3) is 0.316. The standard InChI is InChI=1S/C19H23N3O3S/c1-13(23)21-17-22-16(12-26-17)9-8-14-6-5-7-15(10-14)11-20-18(24)25-19(2,3)4/h5-10,12H,11H2,1-4H3,(H,20,24)(H,21,22,23). The van der Waals surface area contributed by atoms with E-state index in [4.69, 9.17) is 4.74 Å². The van der Waals surface area contributed by atoms with Crippen molar-refractivity contribution in [2.24, 2.45) is 0 Å². The van der Waals surface area contributed by atoms with E-state index in [0.717, 1.165) is 16.8 Å². The van der Waals surface area contributed by atoms with Crippen LogP contribution in [0.5, 0.6) is 0 Å². The van der Waals surface area contributed by atoms with E-state index < -0.39 is 11.7 Å². The zero-order valence-corrected chi connectivity index (χ0v) is 16.1. The van der Waals surface area contributed by atoms with Crippen molar-refractivity contribution >= 4 is 40.6 Å². The van der Waals surface area contributed by atoms with Gasteiger partial charge in [-0.3, -0.25) is 4.79 Å². The van der Waals surface area contributed by atoms with Gasteiger partial charge in [-0.05, 0) is 44.0 Å². The van der Waals surface area contributed by atoms with Gasteiger partial charge in [0.2, 0.25) is 5.91 Å². The van der Waals surface area contributed by atoms with Crippen molar-refractivity contribution in [2.45, 2.75) is 39.8 Å². The molecule has 0 saturated carbocycles. The molecule has 0 aliphatic heterocycles. The molecule has 7 heteroatoms. The van der Waals surface area contributed by atoms with Gasteiger partial charge < -0.3 is 15.4 Å². The van der Waals surface area contributed by atoms with Crippen LogP contribution in [0.1, 0.15) is 44.5 Å². The summed E-state index contributed by atoms with van der Waals surface area (Å²) in [6.07, 6.45) is 3.37. The summed E-state index contributed by atoms with van der Waals surface area (Å²) in [6, 6.07) is 7.81. The highest BCUT2D eigenvalue weighted by atomic mass is 32.1. The van der Waals surface area contributed by atoms with Gasteiger partial charge in [0.25, 0.3) is 0 Å². The number of carbonyl (C=O) groups excluding carboxylic acids is 2. The van der Waals surface area contributed by atoms with Crippen molar-refractivity contribution in [2.75, 3.05) is 5.32 Å². The van der Waals surface area contributed by atoms with E-state index in [-0.39, 0.29) is 5.91 Å². The van der Waals surface area contributed by atoms with E-state index in [2.05, 4.69) is 15.6 Å². The van der Waals surface area contributed by atoms with E-state index >= 15 is 0 Å². The highest BCUT2D eigenvalue weighted by Gasteiger charge is 2.15. The first-order valence-corrected chi connectivity index (χ1v) is 9.06. The van der Waals surface area contributed by atoms with Crippen molar-refractivity contribution in [3.05, 3.63) is 46.5 Å². The van der Waals surface area contributed by atoms with E-state index in [1.54, 1.807) is 0 Å². The Morgan fingerprint density at radius 1 is 1.27 bits per heavy atom. The molecule has 0 fully saturated rings. The van der Waals surface area contributed by atoms with Gasteiger partial charge in [-0.2, -0.15) is 0 Å². The lowest BCUT2D eigenvalue weighted by molar-refractivity contribution is -0.114. The molecule has 0 radical (unpaired) electrons. The number of alkyl carbamates (subject to hydrolysis) is 1. The van der Waals surface area contributed by atoms with Crippen LogP contribution in [0.2, 0.25) is 0 Å². The lowest BCUT2D eigenvalue weighted by Crippen LogP contribution is -2.32. The summed E-state index contributed by atoms with van der Waals surface area (Å²) in [5.74, 6) is -0.139. The number of rotatable bonds is 5. The van der Waals surface area contributed by atoms with Crippen molar-refractivity contribution in [1.29, 1.82) is 0 Å². The third-order valence-corrected chi connectivity index (χ3v) is 3.81. The van der Waals surface area contributed by atoms with Crippen LogP contribution < -0.4 is 10.6 Å². The number of nitrogens with one attached hydrogen (secondary N) is 2. The fourth-order valence-corrected chi connectivity index (χ4v) is 2.77. The topological polar surface area (TPSA) is 80.3 Å². The number of thiazole rings is 1. The minimum absolute atomic E-state index is 0.139. The smallest absolute Gasteiger partial charge is 0.407 e. The first kappa shape index (κ1) is 19.7. The molecule has 6 nitrogen and oxygen atoms in total. The van der Waals surface area contributed by atoms with Crippen LogP contribution >= 0.6 is 11.3 Å². The van der Waals surface area contributed by atoms with Crippen molar-refractivity contribution in [3.8, 4) is 0 Å². The SMILES string of the molecule is CC(=O)Nc1nc(C=Cc2cccc(CNC(=O)OC(C)(C)C)c2)cs1. The third kappa shape index (κ3) is 7.06. The molecule has 2 rings (SSSR count). The molecule has 2 aromatic rings. The van der Waals surface area contributed by atoms with Gasteiger partial charge in [0.1, 0.15) is 5.60 Å². The number of benzene rings is 1. The third-order valence-electron chi connectivity index (χ3n) is 3.04. The largest absolute Gasteiger partial charge is 0.444 e. The summed E-state index contributed by atoms with van der Waals surface area (Å²) in [6.45, 7) is 7.32. The Kier molecular flexibility index (Phi) is 6.52. The van der Waals surface area contributed by atoms with Gasteiger partial charge >= 0.3 is 6.09 Å². The Morgan fingerprint density at radius 2 is 2.04 bits per heavy atom. The van der Waals surface area contributed by atoms with E-state index in [1.807, 2.05) is 62.6 Å². The molecule has 2 amide bonds. The molecule has 0 aliphatic rings. The number of hydrogen-bond donors (Lipinski definition) is 2. The fourth-order valence-electron chi connectivity index (χ4n) is 2.05. The summed E-state index contributed by atoms with van der Waals surface area (Å²) in [5, 5.41) is 7.85. The van der Waals surface area contributed by atoms with Crippen molar-refractivity contribution < 1.29 is 14.3 Å². The maximum atomic E-state index is 11.7. The van der Waals surface area contributed by atoms with E-state index in [1.165, 1.54) is 18.3 Å². The van der Waals surface area contributed by atoms with Crippen LogP contribution in [-0.4, -0.2) is 22.6 Å². The second kappa shape index (κ2) is 8.62. The Morgan fingerprint density at radius 3 is 2.73 bits per heavy atom. The molecule has 1 aromatic heterocycles. The number of amides is 2. The highest BCUT2D eigenvalue weighted by molar-refractivity contribution is 7.14. The molecule has 138 valence electrons. The maximum Gasteiger partial charge on any atom is 0.407 e. The quantitative estimate of drug-likeness (QED) is 0.819. The Balaban J connectivity index is 1.95. The second-order valence-corrected chi connectivity index (χ2v) is 7.55. The van der Waals surface area contributed by atoms with Gasteiger partial charge in [-0.25, -0.2) is 9.78 Å². The monoisotopic (exact) mass is 373 g/mol. The zero-order valence-electron chi connectivity index (χ0n) is 15.3. The predicted octanol–water partition coefficient (Wildman–Crippen LogP) is 4.30. The molecular formula is C19H23N3O3S.